The number of Topliss-reactive ketones (excluding diaryl/α,β-unsaturated/α-hetero) is 1. The molecule has 2 aromatic rings. The van der Waals surface area contributed by atoms with Crippen LogP contribution in [0.1, 0.15) is 42.7 Å². The molecule has 5 nitrogen and oxygen atoms in total. The normalized spacial score (nSPS) is 12.8. The largest absolute Gasteiger partial charge is 0.493 e. The van der Waals surface area contributed by atoms with Gasteiger partial charge >= 0.3 is 0 Å². The molecular weight excluding hydrogens is 389 g/mol. The molecule has 0 aliphatic rings. The van der Waals surface area contributed by atoms with Crippen molar-refractivity contribution in [2.45, 2.75) is 32.9 Å². The van der Waals surface area contributed by atoms with Gasteiger partial charge in [0, 0.05) is 15.6 Å². The minimum atomic E-state index is -0.782. The van der Waals surface area contributed by atoms with E-state index in [9.17, 15) is 9.59 Å². The zero-order chi connectivity index (χ0) is 20.1. The van der Waals surface area contributed by atoms with E-state index >= 15 is 0 Å². The predicted molar refractivity (Wildman–Crippen MR) is 106 cm³/mol. The van der Waals surface area contributed by atoms with Crippen LogP contribution in [0.15, 0.2) is 36.4 Å². The third-order valence-corrected chi connectivity index (χ3v) is 4.59. The Labute approximate surface area is 168 Å². The van der Waals surface area contributed by atoms with E-state index in [-0.39, 0.29) is 17.7 Å². The molecule has 0 saturated carbocycles. The summed E-state index contributed by atoms with van der Waals surface area (Å²) in [4.78, 5) is 24.0. The zero-order valence-electron chi connectivity index (χ0n) is 15.5. The fourth-order valence-electron chi connectivity index (χ4n) is 2.49. The van der Waals surface area contributed by atoms with Crippen LogP contribution in [0, 0.1) is 0 Å². The van der Waals surface area contributed by atoms with E-state index in [0.29, 0.717) is 27.1 Å². The molecule has 0 radical (unpaired) electrons. The topological polar surface area (TPSA) is 64.6 Å². The number of ether oxygens (including phenoxy) is 2. The number of hydrogen-bond acceptors (Lipinski definition) is 4. The number of hydrogen-bond donors (Lipinski definition) is 1. The molecule has 0 aliphatic carbocycles. The van der Waals surface area contributed by atoms with Crippen molar-refractivity contribution in [3.63, 3.8) is 0 Å². The first-order valence-corrected chi connectivity index (χ1v) is 9.09. The van der Waals surface area contributed by atoms with Gasteiger partial charge in [0.1, 0.15) is 0 Å². The van der Waals surface area contributed by atoms with Crippen molar-refractivity contribution >= 4 is 34.9 Å². The van der Waals surface area contributed by atoms with E-state index in [2.05, 4.69) is 5.32 Å². The van der Waals surface area contributed by atoms with Crippen molar-refractivity contribution in [3.8, 4) is 11.5 Å². The average molecular weight is 410 g/mol. The maximum Gasteiger partial charge on any atom is 0.261 e. The van der Waals surface area contributed by atoms with Gasteiger partial charge in [0.25, 0.3) is 5.91 Å². The molecule has 0 aliphatic heterocycles. The molecule has 144 valence electrons. The Morgan fingerprint density at radius 3 is 2.33 bits per heavy atom. The van der Waals surface area contributed by atoms with Crippen molar-refractivity contribution in [1.29, 1.82) is 0 Å². The fraction of sp³-hybridized carbons (Fsp3) is 0.300. The number of amides is 1. The minimum absolute atomic E-state index is 0.0840. The molecular formula is C20H21Cl2NO4. The number of nitrogens with one attached hydrogen (secondary N) is 1. The van der Waals surface area contributed by atoms with Gasteiger partial charge in [-0.2, -0.15) is 0 Å². The van der Waals surface area contributed by atoms with E-state index in [1.165, 1.54) is 14.0 Å². The summed E-state index contributed by atoms with van der Waals surface area (Å²) in [5.41, 5.74) is 1.26. The standard InChI is InChI=1S/C20H21Cl2NO4/c1-11(16-7-6-15(21)10-17(16)22)23-20(25)13(3)27-18-8-5-14(12(2)24)9-19(18)26-4/h5-11,13H,1-4H3,(H,23,25)/t11-,13-/m0/s1. The first-order chi connectivity index (χ1) is 12.7. The van der Waals surface area contributed by atoms with Crippen LogP contribution in [0.4, 0.5) is 0 Å². The molecule has 0 bridgehead atoms. The van der Waals surface area contributed by atoms with Crippen LogP contribution in [-0.4, -0.2) is 24.9 Å². The van der Waals surface area contributed by atoms with Gasteiger partial charge in [0.2, 0.25) is 0 Å². The number of benzene rings is 2. The van der Waals surface area contributed by atoms with Gasteiger partial charge in [-0.15, -0.1) is 0 Å². The molecule has 2 atom stereocenters. The smallest absolute Gasteiger partial charge is 0.261 e. The minimum Gasteiger partial charge on any atom is -0.493 e. The Bertz CT molecular complexity index is 854. The lowest BCUT2D eigenvalue weighted by atomic mass is 10.1. The van der Waals surface area contributed by atoms with E-state index in [1.54, 1.807) is 43.3 Å². The Kier molecular flexibility index (Phi) is 7.11. The summed E-state index contributed by atoms with van der Waals surface area (Å²) in [7, 11) is 1.47. The highest BCUT2D eigenvalue weighted by Crippen LogP contribution is 2.30. The van der Waals surface area contributed by atoms with Gasteiger partial charge < -0.3 is 14.8 Å². The van der Waals surface area contributed by atoms with Crippen LogP contribution >= 0.6 is 23.2 Å². The fourth-order valence-corrected chi connectivity index (χ4v) is 3.06. The summed E-state index contributed by atoms with van der Waals surface area (Å²) in [5, 5.41) is 3.86. The van der Waals surface area contributed by atoms with Crippen LogP contribution in [0.2, 0.25) is 10.0 Å². The lowest BCUT2D eigenvalue weighted by Crippen LogP contribution is -2.37. The van der Waals surface area contributed by atoms with Crippen LogP contribution in [0.3, 0.4) is 0 Å². The average Bonchev–Trinajstić information content (AvgIpc) is 2.61. The lowest BCUT2D eigenvalue weighted by Gasteiger charge is -2.21. The quantitative estimate of drug-likeness (QED) is 0.663. The molecule has 0 spiro atoms. The summed E-state index contributed by atoms with van der Waals surface area (Å²) in [6, 6.07) is 9.60. The van der Waals surface area contributed by atoms with Gasteiger partial charge in [-0.05, 0) is 56.7 Å². The number of carbonyl (C=O) groups is 2. The maximum absolute atomic E-state index is 12.5. The van der Waals surface area contributed by atoms with E-state index in [1.807, 2.05) is 6.92 Å². The molecule has 1 amide bonds. The van der Waals surface area contributed by atoms with Crippen LogP contribution < -0.4 is 14.8 Å². The second-order valence-electron chi connectivity index (χ2n) is 6.08. The summed E-state index contributed by atoms with van der Waals surface area (Å²) in [6.07, 6.45) is -0.782. The molecule has 0 unspecified atom stereocenters. The van der Waals surface area contributed by atoms with Gasteiger partial charge in [0.15, 0.2) is 23.4 Å². The number of methoxy groups -OCH3 is 1. The lowest BCUT2D eigenvalue weighted by molar-refractivity contribution is -0.127. The highest BCUT2D eigenvalue weighted by molar-refractivity contribution is 6.35. The second kappa shape index (κ2) is 9.11. The van der Waals surface area contributed by atoms with E-state index in [4.69, 9.17) is 32.7 Å². The molecule has 1 N–H and O–H groups in total. The third-order valence-electron chi connectivity index (χ3n) is 4.03. The highest BCUT2D eigenvalue weighted by atomic mass is 35.5. The Hall–Kier alpha value is -2.24. The Morgan fingerprint density at radius 1 is 1.04 bits per heavy atom. The van der Waals surface area contributed by atoms with Crippen molar-refractivity contribution in [2.75, 3.05) is 7.11 Å². The Balaban J connectivity index is 2.08. The number of carbonyl (C=O) groups excluding carboxylic acids is 2. The SMILES string of the molecule is COc1cc(C(C)=O)ccc1O[C@@H](C)C(=O)N[C@@H](C)c1ccc(Cl)cc1Cl. The molecule has 7 heteroatoms. The van der Waals surface area contributed by atoms with Crippen LogP contribution in [0.5, 0.6) is 11.5 Å². The monoisotopic (exact) mass is 409 g/mol. The number of ketones is 1. The van der Waals surface area contributed by atoms with Crippen molar-refractivity contribution in [2.24, 2.45) is 0 Å². The highest BCUT2D eigenvalue weighted by Gasteiger charge is 2.21. The van der Waals surface area contributed by atoms with Gasteiger partial charge in [0.05, 0.1) is 13.2 Å². The molecule has 0 fully saturated rings. The van der Waals surface area contributed by atoms with Crippen molar-refractivity contribution in [3.05, 3.63) is 57.6 Å². The first kappa shape index (κ1) is 21.1. The molecule has 2 aromatic carbocycles. The summed E-state index contributed by atoms with van der Waals surface area (Å²) in [6.45, 7) is 4.92. The maximum atomic E-state index is 12.5. The summed E-state index contributed by atoms with van der Waals surface area (Å²) in [5.74, 6) is 0.365. The summed E-state index contributed by atoms with van der Waals surface area (Å²) < 4.78 is 11.0. The number of halogens is 2. The van der Waals surface area contributed by atoms with E-state index < -0.39 is 6.10 Å². The first-order valence-electron chi connectivity index (χ1n) is 8.34. The molecule has 27 heavy (non-hydrogen) atoms. The molecule has 0 saturated heterocycles. The van der Waals surface area contributed by atoms with Gasteiger partial charge in [-0.3, -0.25) is 9.59 Å². The van der Waals surface area contributed by atoms with Crippen molar-refractivity contribution < 1.29 is 19.1 Å². The molecule has 2 rings (SSSR count). The molecule has 0 heterocycles. The van der Waals surface area contributed by atoms with Crippen molar-refractivity contribution in [1.82, 2.24) is 5.32 Å². The molecule has 0 aromatic heterocycles. The predicted octanol–water partition coefficient (Wildman–Crippen LogP) is 4.85. The second-order valence-corrected chi connectivity index (χ2v) is 6.92. The number of rotatable bonds is 7. The Morgan fingerprint density at radius 2 is 1.74 bits per heavy atom. The van der Waals surface area contributed by atoms with Crippen LogP contribution in [0.25, 0.3) is 0 Å². The van der Waals surface area contributed by atoms with Gasteiger partial charge in [-0.1, -0.05) is 29.3 Å². The van der Waals surface area contributed by atoms with E-state index in [0.717, 1.165) is 5.56 Å². The van der Waals surface area contributed by atoms with Gasteiger partial charge in [-0.25, -0.2) is 0 Å². The summed E-state index contributed by atoms with van der Waals surface area (Å²) >= 11 is 12.1. The van der Waals surface area contributed by atoms with Crippen LogP contribution in [-0.2, 0) is 4.79 Å². The third kappa shape index (κ3) is 5.37. The zero-order valence-corrected chi connectivity index (χ0v) is 17.0.